The molecule has 1 aliphatic carbocycles. The van der Waals surface area contributed by atoms with Crippen LogP contribution in [0.15, 0.2) is 40.8 Å². The standard InChI is InChI=1S/C24H32N4O2S/c1-3-4-9-20(29)18(14-16-10-11-16)23(30)27-21-15-28(2)19-8-6-5-7-17(19)22(26-21)24-25-12-13-31-24/h5-8,12-13,16,18,20-21,29H,3-4,9-11,14-15H2,1-2H3,(H,27,30). The molecular weight excluding hydrogens is 408 g/mol. The number of nitrogens with one attached hydrogen (secondary N) is 1. The van der Waals surface area contributed by atoms with Gasteiger partial charge in [0.25, 0.3) is 0 Å². The van der Waals surface area contributed by atoms with E-state index in [2.05, 4.69) is 34.3 Å². The van der Waals surface area contributed by atoms with E-state index < -0.39 is 12.3 Å². The maximum atomic E-state index is 13.3. The molecule has 7 heteroatoms. The van der Waals surface area contributed by atoms with Gasteiger partial charge >= 0.3 is 0 Å². The molecule has 0 radical (unpaired) electrons. The van der Waals surface area contributed by atoms with E-state index >= 15 is 0 Å². The van der Waals surface area contributed by atoms with Gasteiger partial charge in [0.15, 0.2) is 0 Å². The number of carbonyl (C=O) groups is 1. The number of aliphatic hydroxyl groups excluding tert-OH is 1. The summed E-state index contributed by atoms with van der Waals surface area (Å²) in [6, 6.07) is 8.15. The maximum absolute atomic E-state index is 13.3. The predicted octanol–water partition coefficient (Wildman–Crippen LogP) is 3.84. The van der Waals surface area contributed by atoms with Crippen molar-refractivity contribution in [2.45, 2.75) is 57.7 Å². The first kappa shape index (κ1) is 22.0. The summed E-state index contributed by atoms with van der Waals surface area (Å²) in [4.78, 5) is 24.9. The number of benzodiazepines with no additional fused rings is 1. The van der Waals surface area contributed by atoms with Crippen molar-refractivity contribution in [1.82, 2.24) is 10.3 Å². The second-order valence-electron chi connectivity index (χ2n) is 8.73. The molecule has 3 unspecified atom stereocenters. The molecule has 1 aliphatic heterocycles. The number of thiazole rings is 1. The lowest BCUT2D eigenvalue weighted by Crippen LogP contribution is -2.46. The van der Waals surface area contributed by atoms with E-state index in [9.17, 15) is 9.90 Å². The number of aliphatic hydroxyl groups is 1. The summed E-state index contributed by atoms with van der Waals surface area (Å²) in [5.41, 5.74) is 2.91. The molecular formula is C24H32N4O2S. The van der Waals surface area contributed by atoms with E-state index in [1.165, 1.54) is 0 Å². The Morgan fingerprint density at radius 2 is 2.16 bits per heavy atom. The van der Waals surface area contributed by atoms with E-state index in [0.717, 1.165) is 54.1 Å². The molecule has 6 nitrogen and oxygen atoms in total. The molecule has 166 valence electrons. The topological polar surface area (TPSA) is 77.8 Å². The first-order chi connectivity index (χ1) is 15.1. The second kappa shape index (κ2) is 9.92. The van der Waals surface area contributed by atoms with E-state index in [-0.39, 0.29) is 11.8 Å². The minimum atomic E-state index is -0.594. The Labute approximate surface area is 188 Å². The van der Waals surface area contributed by atoms with Gasteiger partial charge in [-0.05, 0) is 24.8 Å². The molecule has 1 aromatic carbocycles. The van der Waals surface area contributed by atoms with Gasteiger partial charge in [-0.25, -0.2) is 4.98 Å². The SMILES string of the molecule is CCCCC(O)C(CC1CC1)C(=O)NC1CN(C)c2ccccc2C(c2nccs2)=N1. The van der Waals surface area contributed by atoms with Crippen molar-refractivity contribution in [2.75, 3.05) is 18.5 Å². The Morgan fingerprint density at radius 3 is 2.87 bits per heavy atom. The molecule has 1 amide bonds. The van der Waals surface area contributed by atoms with Gasteiger partial charge in [0, 0.05) is 29.9 Å². The van der Waals surface area contributed by atoms with Crippen molar-refractivity contribution >= 4 is 28.6 Å². The van der Waals surface area contributed by atoms with Crippen molar-refractivity contribution in [1.29, 1.82) is 0 Å². The fraction of sp³-hybridized carbons (Fsp3) is 0.542. The number of aliphatic imine (C=N–C) groups is 1. The lowest BCUT2D eigenvalue weighted by molar-refractivity contribution is -0.129. The maximum Gasteiger partial charge on any atom is 0.227 e. The number of unbranched alkanes of at least 4 members (excludes halogenated alkanes) is 1. The number of amides is 1. The summed E-state index contributed by atoms with van der Waals surface area (Å²) < 4.78 is 0. The summed E-state index contributed by atoms with van der Waals surface area (Å²) in [6.45, 7) is 2.68. The number of hydrogen-bond donors (Lipinski definition) is 2. The second-order valence-corrected chi connectivity index (χ2v) is 9.63. The quantitative estimate of drug-likeness (QED) is 0.621. The molecule has 1 fully saturated rings. The largest absolute Gasteiger partial charge is 0.392 e. The molecule has 0 saturated heterocycles. The van der Waals surface area contributed by atoms with Crippen LogP contribution in [-0.4, -0.2) is 47.6 Å². The first-order valence-corrected chi connectivity index (χ1v) is 12.2. The Hall–Kier alpha value is -2.25. The third-order valence-corrected chi connectivity index (χ3v) is 6.96. The molecule has 2 N–H and O–H groups in total. The van der Waals surface area contributed by atoms with Crippen LogP contribution in [0.2, 0.25) is 0 Å². The van der Waals surface area contributed by atoms with Crippen molar-refractivity contribution in [3.63, 3.8) is 0 Å². The van der Waals surface area contributed by atoms with Gasteiger partial charge in [-0.2, -0.15) is 0 Å². The number of likely N-dealkylation sites (N-methyl/N-ethyl adjacent to an activating group) is 1. The van der Waals surface area contributed by atoms with Crippen LogP contribution in [0.5, 0.6) is 0 Å². The van der Waals surface area contributed by atoms with Crippen LogP contribution < -0.4 is 10.2 Å². The number of benzene rings is 1. The molecule has 2 aliphatic rings. The van der Waals surface area contributed by atoms with Gasteiger partial charge in [0.2, 0.25) is 5.91 Å². The highest BCUT2D eigenvalue weighted by atomic mass is 32.1. The number of fused-ring (bicyclic) bond motifs is 1. The Kier molecular flexibility index (Phi) is 7.02. The fourth-order valence-electron chi connectivity index (χ4n) is 4.26. The summed E-state index contributed by atoms with van der Waals surface area (Å²) in [6.07, 6.45) is 6.51. The molecule has 4 rings (SSSR count). The summed E-state index contributed by atoms with van der Waals surface area (Å²) in [7, 11) is 2.02. The number of carbonyl (C=O) groups excluding carboxylic acids is 1. The summed E-state index contributed by atoms with van der Waals surface area (Å²) in [5, 5.41) is 16.7. The Balaban J connectivity index is 1.58. The highest BCUT2D eigenvalue weighted by Crippen LogP contribution is 2.37. The van der Waals surface area contributed by atoms with Crippen LogP contribution >= 0.6 is 11.3 Å². The Bertz CT molecular complexity index is 910. The molecule has 0 bridgehead atoms. The van der Waals surface area contributed by atoms with Crippen molar-refractivity contribution in [3.05, 3.63) is 46.4 Å². The highest BCUT2D eigenvalue weighted by molar-refractivity contribution is 7.11. The molecule has 31 heavy (non-hydrogen) atoms. The number of nitrogens with zero attached hydrogens (tertiary/aromatic N) is 3. The van der Waals surface area contributed by atoms with Crippen molar-refractivity contribution in [3.8, 4) is 0 Å². The Morgan fingerprint density at radius 1 is 1.35 bits per heavy atom. The molecule has 1 aromatic heterocycles. The van der Waals surface area contributed by atoms with Crippen LogP contribution in [-0.2, 0) is 4.79 Å². The minimum Gasteiger partial charge on any atom is -0.392 e. The van der Waals surface area contributed by atoms with Crippen LogP contribution in [0.4, 0.5) is 5.69 Å². The van der Waals surface area contributed by atoms with Gasteiger partial charge in [-0.15, -0.1) is 11.3 Å². The third kappa shape index (κ3) is 5.33. The minimum absolute atomic E-state index is 0.0814. The molecule has 1 saturated carbocycles. The molecule has 2 aromatic rings. The van der Waals surface area contributed by atoms with Crippen LogP contribution in [0.1, 0.15) is 56.0 Å². The number of aromatic nitrogens is 1. The highest BCUT2D eigenvalue weighted by Gasteiger charge is 2.35. The number of para-hydroxylation sites is 1. The van der Waals surface area contributed by atoms with E-state index in [4.69, 9.17) is 4.99 Å². The zero-order valence-corrected chi connectivity index (χ0v) is 19.1. The molecule has 3 atom stereocenters. The normalized spacial score (nSPS) is 20.4. The predicted molar refractivity (Wildman–Crippen MR) is 126 cm³/mol. The number of rotatable bonds is 9. The van der Waals surface area contributed by atoms with Gasteiger partial charge in [-0.1, -0.05) is 50.8 Å². The van der Waals surface area contributed by atoms with E-state index in [1.807, 2.05) is 24.6 Å². The third-order valence-electron chi connectivity index (χ3n) is 6.18. The average Bonchev–Trinajstić information content (AvgIpc) is 3.46. The van der Waals surface area contributed by atoms with Gasteiger partial charge in [-0.3, -0.25) is 9.79 Å². The van der Waals surface area contributed by atoms with Gasteiger partial charge in [0.1, 0.15) is 16.9 Å². The molecule has 0 spiro atoms. The lowest BCUT2D eigenvalue weighted by Gasteiger charge is -2.26. The van der Waals surface area contributed by atoms with E-state index in [0.29, 0.717) is 18.9 Å². The molecule has 2 heterocycles. The summed E-state index contributed by atoms with van der Waals surface area (Å²) in [5.74, 6) is 0.123. The first-order valence-electron chi connectivity index (χ1n) is 11.3. The average molecular weight is 441 g/mol. The van der Waals surface area contributed by atoms with Crippen LogP contribution in [0.3, 0.4) is 0 Å². The number of hydrogen-bond acceptors (Lipinski definition) is 6. The van der Waals surface area contributed by atoms with Crippen molar-refractivity contribution < 1.29 is 9.90 Å². The van der Waals surface area contributed by atoms with Crippen molar-refractivity contribution in [2.24, 2.45) is 16.8 Å². The number of anilines is 1. The fourth-order valence-corrected chi connectivity index (χ4v) is 4.90. The van der Waals surface area contributed by atoms with Crippen LogP contribution in [0, 0.1) is 11.8 Å². The monoisotopic (exact) mass is 440 g/mol. The zero-order chi connectivity index (χ0) is 21.8. The van der Waals surface area contributed by atoms with E-state index in [1.54, 1.807) is 17.5 Å². The smallest absolute Gasteiger partial charge is 0.227 e. The van der Waals surface area contributed by atoms with Crippen LogP contribution in [0.25, 0.3) is 0 Å². The summed E-state index contributed by atoms with van der Waals surface area (Å²) >= 11 is 1.55. The lowest BCUT2D eigenvalue weighted by atomic mass is 9.91. The van der Waals surface area contributed by atoms with Gasteiger partial charge < -0.3 is 15.3 Å². The van der Waals surface area contributed by atoms with Gasteiger partial charge in [0.05, 0.1) is 18.6 Å². The zero-order valence-electron chi connectivity index (χ0n) is 18.3.